The summed E-state index contributed by atoms with van der Waals surface area (Å²) in [5.41, 5.74) is 1.78. The number of aromatic nitrogens is 2. The topological polar surface area (TPSA) is 42.9 Å². The molecule has 2 aromatic rings. The molecule has 18 heavy (non-hydrogen) atoms. The van der Waals surface area contributed by atoms with Gasteiger partial charge in [-0.25, -0.2) is 0 Å². The highest BCUT2D eigenvalue weighted by molar-refractivity contribution is 7.08. The van der Waals surface area contributed by atoms with E-state index < -0.39 is 0 Å². The van der Waals surface area contributed by atoms with Crippen molar-refractivity contribution in [1.82, 2.24) is 9.59 Å². The van der Waals surface area contributed by atoms with Gasteiger partial charge in [0.1, 0.15) is 4.88 Å². The van der Waals surface area contributed by atoms with Gasteiger partial charge in [-0.3, -0.25) is 4.79 Å². The van der Waals surface area contributed by atoms with Crippen LogP contribution in [0.1, 0.15) is 34.3 Å². The van der Waals surface area contributed by atoms with Crippen LogP contribution in [0, 0.1) is 0 Å². The largest absolute Gasteiger partial charge is 0.293 e. The first-order valence-electron chi connectivity index (χ1n) is 5.79. The van der Waals surface area contributed by atoms with E-state index >= 15 is 0 Å². The zero-order valence-electron chi connectivity index (χ0n) is 10.0. The number of carbonyl (C=O) groups is 1. The zero-order chi connectivity index (χ0) is 13.0. The molecule has 3 nitrogen and oxygen atoms in total. The van der Waals surface area contributed by atoms with Crippen molar-refractivity contribution < 1.29 is 4.79 Å². The number of carbonyl (C=O) groups excluding carboxylic acids is 1. The van der Waals surface area contributed by atoms with E-state index in [1.54, 1.807) is 12.1 Å². The van der Waals surface area contributed by atoms with Gasteiger partial charge < -0.3 is 0 Å². The Hall–Kier alpha value is -1.26. The van der Waals surface area contributed by atoms with Crippen LogP contribution in [-0.2, 0) is 12.8 Å². The smallest absolute Gasteiger partial charge is 0.180 e. The van der Waals surface area contributed by atoms with Gasteiger partial charge in [-0.05, 0) is 35.6 Å². The Morgan fingerprint density at radius 3 is 2.72 bits per heavy atom. The predicted molar refractivity (Wildman–Crippen MR) is 73.4 cm³/mol. The van der Waals surface area contributed by atoms with Gasteiger partial charge in [0.2, 0.25) is 0 Å². The van der Waals surface area contributed by atoms with Crippen LogP contribution in [-0.4, -0.2) is 15.4 Å². The molecule has 0 N–H and O–H groups in total. The maximum Gasteiger partial charge on any atom is 0.180 e. The molecule has 0 aliphatic rings. The highest BCUT2D eigenvalue weighted by Crippen LogP contribution is 2.17. The number of nitrogens with zero attached hydrogens (tertiary/aromatic N) is 2. The number of rotatable bonds is 5. The van der Waals surface area contributed by atoms with Gasteiger partial charge in [0, 0.05) is 11.4 Å². The van der Waals surface area contributed by atoms with E-state index in [1.165, 1.54) is 11.5 Å². The molecule has 0 amide bonds. The van der Waals surface area contributed by atoms with Crippen molar-refractivity contribution >= 4 is 28.9 Å². The summed E-state index contributed by atoms with van der Waals surface area (Å²) in [5, 5.41) is 4.69. The van der Waals surface area contributed by atoms with Crippen molar-refractivity contribution in [1.29, 1.82) is 0 Å². The lowest BCUT2D eigenvalue weighted by molar-refractivity contribution is 0.0996. The second kappa shape index (κ2) is 6.07. The summed E-state index contributed by atoms with van der Waals surface area (Å²) in [6.45, 7) is 2.06. The molecule has 94 valence electrons. The zero-order valence-corrected chi connectivity index (χ0v) is 11.6. The van der Waals surface area contributed by atoms with Gasteiger partial charge >= 0.3 is 0 Å². The lowest BCUT2D eigenvalue weighted by atomic mass is 10.1. The second-order valence-electron chi connectivity index (χ2n) is 4.03. The van der Waals surface area contributed by atoms with Gasteiger partial charge in [0.15, 0.2) is 5.78 Å². The van der Waals surface area contributed by atoms with Crippen LogP contribution in [0.5, 0.6) is 0 Å². The molecule has 0 saturated carbocycles. The normalized spacial score (nSPS) is 10.6. The van der Waals surface area contributed by atoms with Crippen molar-refractivity contribution in [3.05, 3.63) is 45.4 Å². The van der Waals surface area contributed by atoms with Crippen LogP contribution in [0.3, 0.4) is 0 Å². The maximum atomic E-state index is 12.2. The summed E-state index contributed by atoms with van der Waals surface area (Å²) < 4.78 is 3.87. The molecule has 0 spiro atoms. The van der Waals surface area contributed by atoms with E-state index in [0.29, 0.717) is 16.3 Å². The first-order chi connectivity index (χ1) is 8.70. The Balaban J connectivity index is 2.11. The molecule has 0 radical (unpaired) electrons. The summed E-state index contributed by atoms with van der Waals surface area (Å²) in [7, 11) is 0. The number of Topliss-reactive ketones (excluding diaryl/α,β-unsaturated/α-hetero) is 1. The van der Waals surface area contributed by atoms with Crippen LogP contribution >= 0.6 is 23.1 Å². The fourth-order valence-corrected chi connectivity index (χ4v) is 2.46. The molecular weight excluding hydrogens is 268 g/mol. The Morgan fingerprint density at radius 1 is 1.33 bits per heavy atom. The van der Waals surface area contributed by atoms with Crippen molar-refractivity contribution in [3.63, 3.8) is 0 Å². The fraction of sp³-hybridized carbons (Fsp3) is 0.308. The van der Waals surface area contributed by atoms with Crippen molar-refractivity contribution in [3.8, 4) is 0 Å². The van der Waals surface area contributed by atoms with Gasteiger partial charge in [0.05, 0.1) is 5.69 Å². The molecule has 0 aliphatic carbocycles. The highest BCUT2D eigenvalue weighted by atomic mass is 35.5. The SMILES string of the molecule is CCCc1nnsc1C(=O)Cc1ccc(Cl)cc1. The monoisotopic (exact) mass is 280 g/mol. The van der Waals surface area contributed by atoms with E-state index in [1.807, 2.05) is 12.1 Å². The summed E-state index contributed by atoms with van der Waals surface area (Å²) in [4.78, 5) is 12.8. The minimum Gasteiger partial charge on any atom is -0.293 e. The van der Waals surface area contributed by atoms with E-state index in [4.69, 9.17) is 11.6 Å². The standard InChI is InChI=1S/C13H13ClN2OS/c1-2-3-11-13(18-16-15-11)12(17)8-9-4-6-10(14)7-5-9/h4-7H,2-3,8H2,1H3. The Kier molecular flexibility index (Phi) is 4.44. The molecule has 0 unspecified atom stereocenters. The molecule has 1 heterocycles. The molecule has 5 heteroatoms. The number of ketones is 1. The number of halogens is 1. The van der Waals surface area contributed by atoms with Crippen LogP contribution in [0.15, 0.2) is 24.3 Å². The van der Waals surface area contributed by atoms with E-state index in [2.05, 4.69) is 16.5 Å². The third kappa shape index (κ3) is 3.15. The van der Waals surface area contributed by atoms with Crippen LogP contribution in [0.25, 0.3) is 0 Å². The molecule has 1 aromatic carbocycles. The molecule has 0 fully saturated rings. The highest BCUT2D eigenvalue weighted by Gasteiger charge is 2.15. The molecule has 0 atom stereocenters. The molecule has 0 saturated heterocycles. The third-order valence-corrected chi connectivity index (χ3v) is 3.63. The number of hydrogen-bond donors (Lipinski definition) is 0. The molecular formula is C13H13ClN2OS. The Morgan fingerprint density at radius 2 is 2.06 bits per heavy atom. The summed E-state index contributed by atoms with van der Waals surface area (Å²) in [6, 6.07) is 7.33. The second-order valence-corrected chi connectivity index (χ2v) is 5.22. The number of aryl methyl sites for hydroxylation is 1. The summed E-state index contributed by atoms with van der Waals surface area (Å²) in [6.07, 6.45) is 2.14. The minimum atomic E-state index is 0.0794. The van der Waals surface area contributed by atoms with E-state index in [9.17, 15) is 4.79 Å². The van der Waals surface area contributed by atoms with Crippen LogP contribution < -0.4 is 0 Å². The van der Waals surface area contributed by atoms with E-state index in [-0.39, 0.29) is 5.78 Å². The predicted octanol–water partition coefficient (Wildman–Crippen LogP) is 3.57. The van der Waals surface area contributed by atoms with Gasteiger partial charge in [-0.15, -0.1) is 5.10 Å². The van der Waals surface area contributed by atoms with Crippen molar-refractivity contribution in [2.24, 2.45) is 0 Å². The van der Waals surface area contributed by atoms with Crippen LogP contribution in [0.4, 0.5) is 0 Å². The van der Waals surface area contributed by atoms with E-state index in [0.717, 1.165) is 24.1 Å². The molecule has 0 bridgehead atoms. The molecule has 0 aliphatic heterocycles. The third-order valence-electron chi connectivity index (χ3n) is 2.57. The summed E-state index contributed by atoms with van der Waals surface area (Å²) >= 11 is 6.99. The number of benzene rings is 1. The Bertz CT molecular complexity index is 536. The van der Waals surface area contributed by atoms with Gasteiger partial charge in [0.25, 0.3) is 0 Å². The average Bonchev–Trinajstić information content (AvgIpc) is 2.81. The molecule has 1 aromatic heterocycles. The lowest BCUT2D eigenvalue weighted by Gasteiger charge is -2.01. The Labute approximate surface area is 115 Å². The number of hydrogen-bond acceptors (Lipinski definition) is 4. The summed E-state index contributed by atoms with van der Waals surface area (Å²) in [5.74, 6) is 0.0794. The quantitative estimate of drug-likeness (QED) is 0.787. The minimum absolute atomic E-state index is 0.0794. The first kappa shape index (κ1) is 13.2. The maximum absolute atomic E-state index is 12.2. The van der Waals surface area contributed by atoms with Gasteiger partial charge in [-0.1, -0.05) is 41.6 Å². The fourth-order valence-electron chi connectivity index (χ4n) is 1.69. The first-order valence-corrected chi connectivity index (χ1v) is 6.94. The van der Waals surface area contributed by atoms with Crippen molar-refractivity contribution in [2.45, 2.75) is 26.2 Å². The van der Waals surface area contributed by atoms with Crippen LogP contribution in [0.2, 0.25) is 5.02 Å². The average molecular weight is 281 g/mol. The van der Waals surface area contributed by atoms with Crippen molar-refractivity contribution in [2.75, 3.05) is 0 Å². The molecule has 2 rings (SSSR count). The lowest BCUT2D eigenvalue weighted by Crippen LogP contribution is -2.04. The van der Waals surface area contributed by atoms with Gasteiger partial charge in [-0.2, -0.15) is 0 Å².